The lowest BCUT2D eigenvalue weighted by Gasteiger charge is -2.07. The number of nitrogens with one attached hydrogen (secondary N) is 1. The maximum Gasteiger partial charge on any atom is 0.167 e. The van der Waals surface area contributed by atoms with Gasteiger partial charge >= 0.3 is 0 Å². The van der Waals surface area contributed by atoms with Crippen molar-refractivity contribution in [1.82, 2.24) is 10.5 Å². The van der Waals surface area contributed by atoms with Crippen molar-refractivity contribution < 1.29 is 4.52 Å². The van der Waals surface area contributed by atoms with E-state index in [4.69, 9.17) is 16.1 Å². The summed E-state index contributed by atoms with van der Waals surface area (Å²) >= 11 is 5.98. The van der Waals surface area contributed by atoms with Gasteiger partial charge in [-0.25, -0.2) is 0 Å². The molecule has 92 valence electrons. The van der Waals surface area contributed by atoms with E-state index in [1.807, 2.05) is 30.3 Å². The van der Waals surface area contributed by atoms with Crippen LogP contribution in [0, 0.1) is 5.92 Å². The first-order chi connectivity index (χ1) is 8.79. The summed E-state index contributed by atoms with van der Waals surface area (Å²) in [6, 6.07) is 10.8. The van der Waals surface area contributed by atoms with Gasteiger partial charge in [-0.05, 0) is 30.9 Å². The minimum absolute atomic E-state index is 0.366. The number of piperidine rings is 1. The first kappa shape index (κ1) is 10.6. The van der Waals surface area contributed by atoms with Gasteiger partial charge in [0.2, 0.25) is 0 Å². The summed E-state index contributed by atoms with van der Waals surface area (Å²) in [5, 5.41) is 8.46. The first-order valence-corrected chi connectivity index (χ1v) is 6.66. The molecule has 1 N–H and O–H groups in total. The number of hydrogen-bond acceptors (Lipinski definition) is 3. The standard InChI is InChI=1S/C14H13ClN2O/c15-10-3-1-2-8(4-10)14-7-13(17-18-14)12-6-9-5-11(9)16-12/h1-4,7,9,11-12,16H,5-6H2. The van der Waals surface area contributed by atoms with Gasteiger partial charge in [-0.3, -0.25) is 0 Å². The van der Waals surface area contributed by atoms with Crippen molar-refractivity contribution in [2.75, 3.05) is 0 Å². The smallest absolute Gasteiger partial charge is 0.167 e. The van der Waals surface area contributed by atoms with Crippen molar-refractivity contribution in [3.63, 3.8) is 0 Å². The molecule has 2 fully saturated rings. The molecule has 1 aromatic carbocycles. The zero-order chi connectivity index (χ0) is 12.1. The van der Waals surface area contributed by atoms with Gasteiger partial charge < -0.3 is 9.84 Å². The number of hydrogen-bond donors (Lipinski definition) is 1. The molecule has 1 aliphatic heterocycles. The highest BCUT2D eigenvalue weighted by Gasteiger charge is 2.46. The molecule has 18 heavy (non-hydrogen) atoms. The SMILES string of the molecule is Clc1cccc(-c2cc(C3CC4CC4N3)no2)c1. The van der Waals surface area contributed by atoms with E-state index in [9.17, 15) is 0 Å². The Hall–Kier alpha value is -1.32. The highest BCUT2D eigenvalue weighted by molar-refractivity contribution is 6.30. The van der Waals surface area contributed by atoms with Crippen molar-refractivity contribution in [2.24, 2.45) is 5.92 Å². The molecule has 4 rings (SSSR count). The fourth-order valence-corrected chi connectivity index (χ4v) is 2.97. The van der Waals surface area contributed by atoms with Gasteiger partial charge in [-0.2, -0.15) is 0 Å². The largest absolute Gasteiger partial charge is 0.356 e. The van der Waals surface area contributed by atoms with Crippen LogP contribution in [0.15, 0.2) is 34.9 Å². The average molecular weight is 261 g/mol. The van der Waals surface area contributed by atoms with Crippen molar-refractivity contribution in [2.45, 2.75) is 24.9 Å². The van der Waals surface area contributed by atoms with Gasteiger partial charge in [-0.1, -0.05) is 28.9 Å². The third-order valence-electron chi connectivity index (χ3n) is 3.87. The highest BCUT2D eigenvalue weighted by atomic mass is 35.5. The molecule has 0 spiro atoms. The van der Waals surface area contributed by atoms with Gasteiger partial charge in [0.05, 0.1) is 6.04 Å². The van der Waals surface area contributed by atoms with Crippen LogP contribution in [0.5, 0.6) is 0 Å². The zero-order valence-corrected chi connectivity index (χ0v) is 10.5. The molecule has 0 radical (unpaired) electrons. The third-order valence-corrected chi connectivity index (χ3v) is 4.11. The Morgan fingerprint density at radius 3 is 3.00 bits per heavy atom. The van der Waals surface area contributed by atoms with E-state index in [2.05, 4.69) is 10.5 Å². The maximum absolute atomic E-state index is 5.98. The molecule has 4 heteroatoms. The van der Waals surface area contributed by atoms with Crippen molar-refractivity contribution in [1.29, 1.82) is 0 Å². The van der Waals surface area contributed by atoms with E-state index in [1.54, 1.807) is 0 Å². The van der Waals surface area contributed by atoms with E-state index in [1.165, 1.54) is 12.8 Å². The van der Waals surface area contributed by atoms with Crippen LogP contribution in [0.2, 0.25) is 5.02 Å². The van der Waals surface area contributed by atoms with E-state index in [0.717, 1.165) is 29.0 Å². The van der Waals surface area contributed by atoms with Crippen LogP contribution in [-0.2, 0) is 0 Å². The molecule has 3 unspecified atom stereocenters. The third kappa shape index (κ3) is 1.74. The van der Waals surface area contributed by atoms with E-state index >= 15 is 0 Å². The average Bonchev–Trinajstić information content (AvgIpc) is 2.83. The van der Waals surface area contributed by atoms with E-state index in [-0.39, 0.29) is 0 Å². The Bertz CT molecular complexity index is 585. The minimum atomic E-state index is 0.366. The summed E-state index contributed by atoms with van der Waals surface area (Å²) in [5.74, 6) is 1.65. The summed E-state index contributed by atoms with van der Waals surface area (Å²) in [7, 11) is 0. The van der Waals surface area contributed by atoms with Gasteiger partial charge in [0.15, 0.2) is 5.76 Å². The fraction of sp³-hybridized carbons (Fsp3) is 0.357. The van der Waals surface area contributed by atoms with Crippen LogP contribution in [0.4, 0.5) is 0 Å². The Labute approximate surface area is 110 Å². The number of rotatable bonds is 2. The predicted molar refractivity (Wildman–Crippen MR) is 69.3 cm³/mol. The quantitative estimate of drug-likeness (QED) is 0.899. The molecule has 1 aliphatic carbocycles. The van der Waals surface area contributed by atoms with Crippen molar-refractivity contribution in [3.05, 3.63) is 41.0 Å². The van der Waals surface area contributed by atoms with Crippen molar-refractivity contribution >= 4 is 11.6 Å². The first-order valence-electron chi connectivity index (χ1n) is 6.28. The molecular formula is C14H13ClN2O. The van der Waals surface area contributed by atoms with Crippen LogP contribution in [0.1, 0.15) is 24.6 Å². The minimum Gasteiger partial charge on any atom is -0.356 e. The van der Waals surface area contributed by atoms with Gasteiger partial charge in [-0.15, -0.1) is 0 Å². The molecule has 0 amide bonds. The van der Waals surface area contributed by atoms with Crippen molar-refractivity contribution in [3.8, 4) is 11.3 Å². The second-order valence-electron chi connectivity index (χ2n) is 5.18. The van der Waals surface area contributed by atoms with Crippen LogP contribution >= 0.6 is 11.6 Å². The monoisotopic (exact) mass is 260 g/mol. The Morgan fingerprint density at radius 1 is 1.28 bits per heavy atom. The molecule has 1 saturated carbocycles. The van der Waals surface area contributed by atoms with Crippen LogP contribution in [0.3, 0.4) is 0 Å². The number of nitrogens with zero attached hydrogens (tertiary/aromatic N) is 1. The fourth-order valence-electron chi connectivity index (χ4n) is 2.78. The van der Waals surface area contributed by atoms with E-state index < -0.39 is 0 Å². The molecule has 2 aliphatic rings. The molecule has 3 atom stereocenters. The summed E-state index contributed by atoms with van der Waals surface area (Å²) < 4.78 is 5.42. The van der Waals surface area contributed by atoms with Gasteiger partial charge in [0.1, 0.15) is 5.69 Å². The van der Waals surface area contributed by atoms with Crippen LogP contribution in [-0.4, -0.2) is 11.2 Å². The van der Waals surface area contributed by atoms with Gasteiger partial charge in [0.25, 0.3) is 0 Å². The topological polar surface area (TPSA) is 38.1 Å². The molecular weight excluding hydrogens is 248 g/mol. The number of aromatic nitrogens is 1. The highest BCUT2D eigenvalue weighted by Crippen LogP contribution is 2.46. The molecule has 1 aromatic heterocycles. The second kappa shape index (κ2) is 3.84. The van der Waals surface area contributed by atoms with Gasteiger partial charge in [0, 0.05) is 22.7 Å². The zero-order valence-electron chi connectivity index (χ0n) is 9.77. The van der Waals surface area contributed by atoms with E-state index in [0.29, 0.717) is 11.1 Å². The summed E-state index contributed by atoms with van der Waals surface area (Å²) in [5.41, 5.74) is 1.99. The van der Waals surface area contributed by atoms with Crippen LogP contribution in [0.25, 0.3) is 11.3 Å². The lowest BCUT2D eigenvalue weighted by Crippen LogP contribution is -2.17. The predicted octanol–water partition coefficient (Wildman–Crippen LogP) is 3.42. The number of halogens is 1. The summed E-state index contributed by atoms with van der Waals surface area (Å²) in [6.07, 6.45) is 2.52. The van der Waals surface area contributed by atoms with Crippen LogP contribution < -0.4 is 5.32 Å². The lowest BCUT2D eigenvalue weighted by atomic mass is 10.1. The normalized spacial score (nSPS) is 29.3. The molecule has 3 nitrogen and oxygen atoms in total. The molecule has 1 saturated heterocycles. The maximum atomic E-state index is 5.98. The number of fused-ring (bicyclic) bond motifs is 1. The Morgan fingerprint density at radius 2 is 2.22 bits per heavy atom. The Balaban J connectivity index is 1.61. The lowest BCUT2D eigenvalue weighted by molar-refractivity contribution is 0.407. The summed E-state index contributed by atoms with van der Waals surface area (Å²) in [6.45, 7) is 0. The molecule has 2 aromatic rings. The molecule has 0 bridgehead atoms. The molecule has 2 heterocycles. The second-order valence-corrected chi connectivity index (χ2v) is 5.62. The Kier molecular flexibility index (Phi) is 2.26. The summed E-state index contributed by atoms with van der Waals surface area (Å²) in [4.78, 5) is 0. The number of benzene rings is 1.